The number of amides is 1. The third kappa shape index (κ3) is 3.47. The van der Waals surface area contributed by atoms with E-state index in [0.29, 0.717) is 11.1 Å². The molecule has 1 heterocycles. The van der Waals surface area contributed by atoms with Crippen LogP contribution in [0, 0.1) is 0 Å². The van der Waals surface area contributed by atoms with E-state index < -0.39 is 13.4 Å². The Labute approximate surface area is 160 Å². The Balaban J connectivity index is 2.23. The number of carbonyl (C=O) groups excluding carboxylic acids is 1. The second kappa shape index (κ2) is 7.97. The highest BCUT2D eigenvalue weighted by Gasteiger charge is 2.50. The third-order valence-electron chi connectivity index (χ3n) is 4.67. The molecule has 27 heavy (non-hydrogen) atoms. The van der Waals surface area contributed by atoms with Crippen molar-refractivity contribution in [2.75, 3.05) is 18.1 Å². The fourth-order valence-corrected chi connectivity index (χ4v) is 5.74. The Morgan fingerprint density at radius 1 is 1.00 bits per heavy atom. The average Bonchev–Trinajstić information content (AvgIpc) is 2.95. The molecule has 3 rings (SSSR count). The number of fused-ring (bicyclic) bond motifs is 1. The van der Waals surface area contributed by atoms with Gasteiger partial charge in [0.05, 0.1) is 13.2 Å². The van der Waals surface area contributed by atoms with Crippen LogP contribution in [0.15, 0.2) is 48.5 Å². The fraction of sp³-hybridized carbons (Fsp3) is 0.381. The highest BCUT2D eigenvalue weighted by molar-refractivity contribution is 7.54. The van der Waals surface area contributed by atoms with Gasteiger partial charge >= 0.3 is 7.60 Å². The van der Waals surface area contributed by atoms with Gasteiger partial charge in [-0.25, -0.2) is 0 Å². The standard InChI is InChI=1S/C21H26NO4P/c1-5-25-27(24,26-6-2)21-18-13-8-7-12-17(18)20(23)22(21)19-14-10-9-11-16(19)15(3)4/h7-15,21H,5-6H2,1-4H3. The summed E-state index contributed by atoms with van der Waals surface area (Å²) in [6, 6.07) is 15.0. The molecule has 5 nitrogen and oxygen atoms in total. The first-order valence-electron chi connectivity index (χ1n) is 9.34. The summed E-state index contributed by atoms with van der Waals surface area (Å²) >= 11 is 0. The lowest BCUT2D eigenvalue weighted by atomic mass is 10.0. The molecular formula is C21H26NO4P. The van der Waals surface area contributed by atoms with Crippen molar-refractivity contribution in [2.45, 2.75) is 39.4 Å². The van der Waals surface area contributed by atoms with E-state index >= 15 is 0 Å². The molecule has 0 saturated carbocycles. The first-order chi connectivity index (χ1) is 12.9. The lowest BCUT2D eigenvalue weighted by molar-refractivity contribution is 0.0990. The van der Waals surface area contributed by atoms with Gasteiger partial charge in [-0.2, -0.15) is 0 Å². The van der Waals surface area contributed by atoms with Gasteiger partial charge in [-0.15, -0.1) is 0 Å². The summed E-state index contributed by atoms with van der Waals surface area (Å²) < 4.78 is 25.1. The normalized spacial score (nSPS) is 16.9. The van der Waals surface area contributed by atoms with Gasteiger partial charge in [-0.05, 0) is 43.0 Å². The maximum atomic E-state index is 13.8. The van der Waals surface area contributed by atoms with Gasteiger partial charge in [0.2, 0.25) is 0 Å². The van der Waals surface area contributed by atoms with Gasteiger partial charge in [0, 0.05) is 11.3 Å². The van der Waals surface area contributed by atoms with E-state index in [1.54, 1.807) is 24.8 Å². The number of nitrogens with zero attached hydrogens (tertiary/aromatic N) is 1. The lowest BCUT2D eigenvalue weighted by Gasteiger charge is -2.32. The highest BCUT2D eigenvalue weighted by Crippen LogP contribution is 2.65. The zero-order valence-corrected chi connectivity index (χ0v) is 17.1. The summed E-state index contributed by atoms with van der Waals surface area (Å²) in [6.07, 6.45) is 0. The summed E-state index contributed by atoms with van der Waals surface area (Å²) in [5, 5.41) is 0. The zero-order valence-electron chi connectivity index (χ0n) is 16.2. The van der Waals surface area contributed by atoms with Crippen LogP contribution in [0.3, 0.4) is 0 Å². The third-order valence-corrected chi connectivity index (χ3v) is 7.01. The highest BCUT2D eigenvalue weighted by atomic mass is 31.2. The minimum Gasteiger partial charge on any atom is -0.307 e. The monoisotopic (exact) mass is 387 g/mol. The predicted octanol–water partition coefficient (Wildman–Crippen LogP) is 5.74. The molecule has 1 aliphatic heterocycles. The van der Waals surface area contributed by atoms with Crippen LogP contribution in [-0.4, -0.2) is 19.1 Å². The lowest BCUT2D eigenvalue weighted by Crippen LogP contribution is -2.30. The van der Waals surface area contributed by atoms with Gasteiger partial charge in [0.1, 0.15) is 0 Å². The van der Waals surface area contributed by atoms with Crippen LogP contribution in [0.1, 0.15) is 60.9 Å². The Morgan fingerprint density at radius 2 is 1.59 bits per heavy atom. The van der Waals surface area contributed by atoms with Crippen LogP contribution < -0.4 is 4.90 Å². The van der Waals surface area contributed by atoms with Crippen LogP contribution in [0.2, 0.25) is 0 Å². The Kier molecular flexibility index (Phi) is 5.85. The topological polar surface area (TPSA) is 55.8 Å². The average molecular weight is 387 g/mol. The number of hydrogen-bond donors (Lipinski definition) is 0. The first-order valence-corrected chi connectivity index (χ1v) is 11.0. The summed E-state index contributed by atoms with van der Waals surface area (Å²) in [4.78, 5) is 14.9. The van der Waals surface area contributed by atoms with Crippen molar-refractivity contribution in [3.05, 3.63) is 65.2 Å². The summed E-state index contributed by atoms with van der Waals surface area (Å²) in [7, 11) is -3.60. The van der Waals surface area contributed by atoms with Crippen molar-refractivity contribution >= 4 is 19.2 Å². The van der Waals surface area contributed by atoms with E-state index in [9.17, 15) is 9.36 Å². The molecule has 144 valence electrons. The number of carbonyl (C=O) groups is 1. The fourth-order valence-electron chi connectivity index (χ4n) is 3.58. The Morgan fingerprint density at radius 3 is 2.22 bits per heavy atom. The summed E-state index contributed by atoms with van der Waals surface area (Å²) in [5.74, 6) is -0.763. The first kappa shape index (κ1) is 19.8. The van der Waals surface area contributed by atoms with E-state index in [0.717, 1.165) is 11.3 Å². The molecule has 2 aromatic rings. The largest absolute Gasteiger partial charge is 0.357 e. The summed E-state index contributed by atoms with van der Waals surface area (Å²) in [5.41, 5.74) is 2.99. The molecule has 0 bridgehead atoms. The smallest absolute Gasteiger partial charge is 0.307 e. The molecule has 1 atom stereocenters. The minimum absolute atomic E-state index is 0.177. The molecule has 6 heteroatoms. The van der Waals surface area contributed by atoms with Gasteiger partial charge < -0.3 is 9.05 Å². The Hall–Kier alpha value is -1.94. The van der Waals surface area contributed by atoms with Crippen LogP contribution in [0.25, 0.3) is 0 Å². The molecule has 2 aromatic carbocycles. The van der Waals surface area contributed by atoms with E-state index in [1.165, 1.54) is 0 Å². The summed E-state index contributed by atoms with van der Waals surface area (Å²) in [6.45, 7) is 8.19. The Bertz CT molecular complexity index is 870. The second-order valence-corrected chi connectivity index (χ2v) is 8.81. The number of rotatable bonds is 7. The van der Waals surface area contributed by atoms with E-state index in [-0.39, 0.29) is 25.0 Å². The number of para-hydroxylation sites is 1. The molecule has 0 fully saturated rings. The molecule has 0 radical (unpaired) electrons. The van der Waals surface area contributed by atoms with Crippen LogP contribution in [0.4, 0.5) is 5.69 Å². The van der Waals surface area contributed by atoms with Crippen LogP contribution in [0.5, 0.6) is 0 Å². The van der Waals surface area contributed by atoms with Gasteiger partial charge in [0.15, 0.2) is 5.78 Å². The maximum absolute atomic E-state index is 13.8. The zero-order chi connectivity index (χ0) is 19.6. The quantitative estimate of drug-likeness (QED) is 0.569. The van der Waals surface area contributed by atoms with E-state index in [2.05, 4.69) is 13.8 Å². The van der Waals surface area contributed by atoms with Crippen molar-refractivity contribution < 1.29 is 18.4 Å². The van der Waals surface area contributed by atoms with Crippen molar-refractivity contribution in [1.82, 2.24) is 0 Å². The van der Waals surface area contributed by atoms with E-state index in [4.69, 9.17) is 9.05 Å². The molecular weight excluding hydrogens is 361 g/mol. The van der Waals surface area contributed by atoms with Crippen molar-refractivity contribution in [3.63, 3.8) is 0 Å². The van der Waals surface area contributed by atoms with Crippen LogP contribution >= 0.6 is 7.60 Å². The van der Waals surface area contributed by atoms with Gasteiger partial charge in [-0.3, -0.25) is 14.3 Å². The SMILES string of the molecule is CCOP(=O)(OCC)C1c2ccccc2C(=O)N1c1ccccc1C(C)C. The minimum atomic E-state index is -3.60. The molecule has 0 aromatic heterocycles. The predicted molar refractivity (Wildman–Crippen MR) is 107 cm³/mol. The number of hydrogen-bond acceptors (Lipinski definition) is 4. The van der Waals surface area contributed by atoms with Gasteiger partial charge in [0.25, 0.3) is 5.91 Å². The number of benzene rings is 2. The molecule has 1 aliphatic rings. The molecule has 0 aliphatic carbocycles. The number of anilines is 1. The van der Waals surface area contributed by atoms with Gasteiger partial charge in [-0.1, -0.05) is 50.2 Å². The van der Waals surface area contributed by atoms with Crippen LogP contribution in [-0.2, 0) is 13.6 Å². The molecule has 0 saturated heterocycles. The van der Waals surface area contributed by atoms with E-state index in [1.807, 2.05) is 42.5 Å². The van der Waals surface area contributed by atoms with Crippen molar-refractivity contribution in [1.29, 1.82) is 0 Å². The molecule has 0 spiro atoms. The molecule has 1 amide bonds. The van der Waals surface area contributed by atoms with Crippen molar-refractivity contribution in [3.8, 4) is 0 Å². The molecule has 1 unspecified atom stereocenters. The molecule has 0 N–H and O–H groups in total. The van der Waals surface area contributed by atoms with Crippen molar-refractivity contribution in [2.24, 2.45) is 0 Å². The maximum Gasteiger partial charge on any atom is 0.357 e. The second-order valence-electron chi connectivity index (χ2n) is 6.72.